The van der Waals surface area contributed by atoms with E-state index in [0.717, 1.165) is 0 Å². The maximum Gasteiger partial charge on any atom is 0.162 e. The third-order valence-electron chi connectivity index (χ3n) is 0.0894. The van der Waals surface area contributed by atoms with Gasteiger partial charge in [-0.05, 0) is 5.53 Å². The first kappa shape index (κ1) is 9.56. The van der Waals surface area contributed by atoms with E-state index in [0.29, 0.717) is 0 Å². The third kappa shape index (κ3) is 552. The summed E-state index contributed by atoms with van der Waals surface area (Å²) in [6.45, 7) is 1.43. The van der Waals surface area contributed by atoms with Gasteiger partial charge in [-0.1, -0.05) is 0 Å². The zero-order valence-electron chi connectivity index (χ0n) is 4.24. The molecule has 0 rings (SSSR count). The van der Waals surface area contributed by atoms with Crippen LogP contribution < -0.4 is 0 Å². The molecule has 0 N–H and O–H groups in total. The number of nitrogens with zero attached hydrogens (tertiary/aromatic N) is 5. The highest BCUT2D eigenvalue weighted by molar-refractivity contribution is 4.62. The van der Waals surface area contributed by atoms with Crippen molar-refractivity contribution in [2.24, 2.45) is 5.11 Å². The van der Waals surface area contributed by atoms with Crippen LogP contribution in [0.4, 0.5) is 0 Å². The van der Waals surface area contributed by atoms with Gasteiger partial charge in [0.1, 0.15) is 0 Å². The predicted octanol–water partition coefficient (Wildman–Crippen LogP) is 1.31. The largest absolute Gasteiger partial charge is 0.199 e. The van der Waals surface area contributed by atoms with Crippen LogP contribution >= 0.6 is 0 Å². The zero-order valence-corrected chi connectivity index (χ0v) is 4.24. The van der Waals surface area contributed by atoms with Crippen molar-refractivity contribution < 1.29 is 0 Å². The molecule has 0 aromatic rings. The number of hydrogen-bond donors (Lipinski definition) is 0. The minimum atomic E-state index is 1.23. The topological polar surface area (TPSA) is 96.3 Å². The van der Waals surface area contributed by atoms with E-state index in [9.17, 15) is 0 Å². The Balaban J connectivity index is 0. The molecule has 0 spiro atoms. The van der Waals surface area contributed by atoms with Crippen LogP contribution in [0.3, 0.4) is 0 Å². The Morgan fingerprint density at radius 2 is 2.00 bits per heavy atom. The predicted molar refractivity (Wildman–Crippen MR) is 26.0 cm³/mol. The van der Waals surface area contributed by atoms with E-state index in [1.54, 1.807) is 6.07 Å². The Labute approximate surface area is 46.4 Å². The molecule has 0 aromatic heterocycles. The van der Waals surface area contributed by atoms with Gasteiger partial charge in [0.15, 0.2) is 6.19 Å². The van der Waals surface area contributed by atoms with E-state index in [4.69, 9.17) is 16.1 Å². The van der Waals surface area contributed by atoms with Crippen molar-refractivity contribution in [3.63, 3.8) is 0 Å². The molecular weight excluding hydrogens is 106 g/mol. The summed E-state index contributed by atoms with van der Waals surface area (Å²) in [5.74, 6) is 0. The fourth-order valence-electron chi connectivity index (χ4n) is 0.0200. The van der Waals surface area contributed by atoms with Crippen molar-refractivity contribution in [1.82, 2.24) is 0 Å². The maximum absolute atomic E-state index is 7.40. The van der Waals surface area contributed by atoms with Crippen molar-refractivity contribution in [1.29, 1.82) is 10.5 Å². The summed E-state index contributed by atoms with van der Waals surface area (Å²) in [6.07, 6.45) is 1.23. The van der Waals surface area contributed by atoms with Gasteiger partial charge in [0.05, 0.1) is 6.07 Å². The Kier molecular flexibility index (Phi) is 22.2. The lowest BCUT2D eigenvalue weighted by atomic mass is 11.0. The molecule has 5 heteroatoms. The summed E-state index contributed by atoms with van der Waals surface area (Å²) >= 11 is 0. The summed E-state index contributed by atoms with van der Waals surface area (Å²) in [5.41, 5.74) is 7.30. The van der Waals surface area contributed by atoms with Gasteiger partial charge in [0, 0.05) is 16.9 Å². The van der Waals surface area contributed by atoms with E-state index in [-0.39, 0.29) is 0 Å². The monoisotopic (exact) mass is 109 g/mol. The molecule has 8 heavy (non-hydrogen) atoms. The second-order valence-electron chi connectivity index (χ2n) is 0.513. The first-order valence-electron chi connectivity index (χ1n) is 1.57. The lowest BCUT2D eigenvalue weighted by Crippen LogP contribution is -1.25. The van der Waals surface area contributed by atoms with Crippen molar-refractivity contribution >= 4 is 0 Å². The molecule has 0 heterocycles. The molecular formula is C3H3N5. The van der Waals surface area contributed by atoms with E-state index in [2.05, 4.69) is 10.0 Å². The Bertz CT molecular complexity index is 151. The van der Waals surface area contributed by atoms with Gasteiger partial charge in [-0.25, -0.2) is 0 Å². The molecule has 0 unspecified atom stereocenters. The summed E-state index contributed by atoms with van der Waals surface area (Å²) in [5, 5.41) is 17.2. The molecule has 0 atom stereocenters. The molecule has 5 nitrogen and oxygen atoms in total. The first-order chi connectivity index (χ1) is 3.83. The molecule has 40 valence electrons. The van der Waals surface area contributed by atoms with Crippen LogP contribution in [-0.4, -0.2) is 0 Å². The summed E-state index contributed by atoms with van der Waals surface area (Å²) in [6, 6.07) is 1.75. The van der Waals surface area contributed by atoms with Crippen LogP contribution in [-0.2, 0) is 0 Å². The molecule has 0 bridgehead atoms. The molecule has 0 saturated heterocycles. The average molecular weight is 109 g/mol. The Morgan fingerprint density at radius 3 is 2.00 bits per heavy atom. The third-order valence-corrected chi connectivity index (χ3v) is 0.0894. The summed E-state index contributed by atoms with van der Waals surface area (Å²) in [7, 11) is 0. The van der Waals surface area contributed by atoms with E-state index in [1.165, 1.54) is 13.1 Å². The maximum atomic E-state index is 7.40. The first-order valence-corrected chi connectivity index (χ1v) is 1.57. The minimum absolute atomic E-state index is 1.23. The lowest BCUT2D eigenvalue weighted by molar-refractivity contribution is 1.42. The molecule has 0 aliphatic rings. The van der Waals surface area contributed by atoms with E-state index < -0.39 is 0 Å². The van der Waals surface area contributed by atoms with Crippen LogP contribution in [0.5, 0.6) is 0 Å². The van der Waals surface area contributed by atoms with Crippen LogP contribution in [0.15, 0.2) is 5.11 Å². The summed E-state index contributed by atoms with van der Waals surface area (Å²) < 4.78 is 0. The van der Waals surface area contributed by atoms with Gasteiger partial charge in [-0.2, -0.15) is 10.5 Å². The normalized spacial score (nSPS) is 3.38. The molecule has 0 aliphatic carbocycles. The smallest absolute Gasteiger partial charge is 0.162 e. The van der Waals surface area contributed by atoms with Gasteiger partial charge in [0.2, 0.25) is 0 Å². The van der Waals surface area contributed by atoms with Crippen molar-refractivity contribution in [2.75, 3.05) is 0 Å². The lowest BCUT2D eigenvalue weighted by Gasteiger charge is -1.33. The molecule has 0 aliphatic heterocycles. The van der Waals surface area contributed by atoms with Gasteiger partial charge in [-0.3, -0.25) is 0 Å². The minimum Gasteiger partial charge on any atom is -0.199 e. The SMILES string of the molecule is CC#N.N#CN=[N+]=[N-]. The van der Waals surface area contributed by atoms with Crippen molar-refractivity contribution in [2.45, 2.75) is 6.92 Å². The highest BCUT2D eigenvalue weighted by Gasteiger charge is 1.43. The van der Waals surface area contributed by atoms with E-state index in [1.807, 2.05) is 0 Å². The second kappa shape index (κ2) is 18.6. The van der Waals surface area contributed by atoms with Gasteiger partial charge < -0.3 is 0 Å². The average Bonchev–Trinajstić information content (AvgIpc) is 1.71. The fourth-order valence-corrected chi connectivity index (χ4v) is 0.0200. The van der Waals surface area contributed by atoms with E-state index >= 15 is 0 Å². The zero-order chi connectivity index (χ0) is 6.83. The Morgan fingerprint density at radius 1 is 1.62 bits per heavy atom. The molecule has 0 fully saturated rings. The number of azide groups is 1. The van der Waals surface area contributed by atoms with Crippen LogP contribution in [0, 0.1) is 22.8 Å². The molecule has 0 amide bonds. The molecule has 0 radical (unpaired) electrons. The molecule has 0 aromatic carbocycles. The number of hydrogen-bond acceptors (Lipinski definition) is 3. The quantitative estimate of drug-likeness (QED) is 0.203. The number of rotatable bonds is 0. The van der Waals surface area contributed by atoms with Gasteiger partial charge in [-0.15, -0.1) is 0 Å². The highest BCUT2D eigenvalue weighted by atomic mass is 15.1. The molecule has 0 saturated carbocycles. The second-order valence-corrected chi connectivity index (χ2v) is 0.513. The van der Waals surface area contributed by atoms with Gasteiger partial charge in [0.25, 0.3) is 0 Å². The van der Waals surface area contributed by atoms with Crippen molar-refractivity contribution in [3.8, 4) is 12.3 Å². The highest BCUT2D eigenvalue weighted by Crippen LogP contribution is 1.54. The van der Waals surface area contributed by atoms with Crippen LogP contribution in [0.25, 0.3) is 10.4 Å². The van der Waals surface area contributed by atoms with Crippen molar-refractivity contribution in [3.05, 3.63) is 10.4 Å². The standard InChI is InChI=1S/C2H3N.CN4/c1-2-3;2-1-4-5-3/h1H3;. The number of nitriles is 2. The van der Waals surface area contributed by atoms with Crippen LogP contribution in [0.1, 0.15) is 6.92 Å². The fraction of sp³-hybridized carbons (Fsp3) is 0.333. The Hall–Kier alpha value is -1.71. The van der Waals surface area contributed by atoms with Crippen LogP contribution in [0.2, 0.25) is 0 Å². The van der Waals surface area contributed by atoms with Gasteiger partial charge >= 0.3 is 0 Å². The summed E-state index contributed by atoms with van der Waals surface area (Å²) in [4.78, 5) is 2.12.